The van der Waals surface area contributed by atoms with Crippen molar-refractivity contribution < 1.29 is 20.1 Å². The Labute approximate surface area is 117 Å². The van der Waals surface area contributed by atoms with Gasteiger partial charge in [0.05, 0.1) is 0 Å². The number of phenolic OH excluding ortho intramolecular Hbond substituents is 1. The van der Waals surface area contributed by atoms with Crippen molar-refractivity contribution in [1.29, 1.82) is 0 Å². The number of hydrogen-bond donors (Lipinski definition) is 3. The number of carbonyl (C=O) groups excluding carboxylic acids is 1. The van der Waals surface area contributed by atoms with E-state index in [1.54, 1.807) is 43.3 Å². The summed E-state index contributed by atoms with van der Waals surface area (Å²) in [5, 5.41) is 27.4. The molecule has 0 unspecified atom stereocenters. The number of phenols is 1. The summed E-state index contributed by atoms with van der Waals surface area (Å²) >= 11 is 0. The van der Waals surface area contributed by atoms with Crippen LogP contribution in [0.1, 0.15) is 29.3 Å². The minimum absolute atomic E-state index is 0.181. The van der Waals surface area contributed by atoms with Crippen molar-refractivity contribution in [3.63, 3.8) is 0 Å². The minimum atomic E-state index is -1.67. The van der Waals surface area contributed by atoms with Crippen LogP contribution in [0.3, 0.4) is 0 Å². The number of aliphatic hydroxyl groups is 2. The molecule has 106 valence electrons. The SMILES string of the molecule is CCC(O)(O)c1ccccc1.O=Cc1ccc(O)cc1. The van der Waals surface area contributed by atoms with E-state index in [2.05, 4.69) is 0 Å². The summed E-state index contributed by atoms with van der Waals surface area (Å²) in [6.45, 7) is 1.73. The molecule has 4 nitrogen and oxygen atoms in total. The Balaban J connectivity index is 0.000000204. The molecule has 2 aromatic carbocycles. The molecule has 0 aromatic heterocycles. The van der Waals surface area contributed by atoms with Crippen LogP contribution in [0.4, 0.5) is 0 Å². The van der Waals surface area contributed by atoms with E-state index >= 15 is 0 Å². The summed E-state index contributed by atoms with van der Waals surface area (Å²) in [5.74, 6) is -1.48. The highest BCUT2D eigenvalue weighted by Gasteiger charge is 2.21. The average Bonchev–Trinajstić information content (AvgIpc) is 2.49. The number of hydrogen-bond acceptors (Lipinski definition) is 4. The topological polar surface area (TPSA) is 77.8 Å². The van der Waals surface area contributed by atoms with E-state index in [1.165, 1.54) is 12.1 Å². The minimum Gasteiger partial charge on any atom is -0.508 e. The van der Waals surface area contributed by atoms with Crippen LogP contribution in [0.25, 0.3) is 0 Å². The lowest BCUT2D eigenvalue weighted by molar-refractivity contribution is -0.171. The van der Waals surface area contributed by atoms with Gasteiger partial charge in [0.1, 0.15) is 12.0 Å². The highest BCUT2D eigenvalue weighted by atomic mass is 16.5. The van der Waals surface area contributed by atoms with Crippen LogP contribution >= 0.6 is 0 Å². The molecular weight excluding hydrogens is 256 g/mol. The van der Waals surface area contributed by atoms with Gasteiger partial charge >= 0.3 is 0 Å². The second-order valence-electron chi connectivity index (χ2n) is 4.25. The Morgan fingerprint density at radius 2 is 1.55 bits per heavy atom. The van der Waals surface area contributed by atoms with E-state index in [4.69, 9.17) is 5.11 Å². The molecule has 0 heterocycles. The van der Waals surface area contributed by atoms with Gasteiger partial charge in [0.2, 0.25) is 0 Å². The molecule has 0 saturated heterocycles. The fourth-order valence-electron chi connectivity index (χ4n) is 1.46. The van der Waals surface area contributed by atoms with Gasteiger partial charge in [-0.15, -0.1) is 0 Å². The van der Waals surface area contributed by atoms with Gasteiger partial charge in [0.15, 0.2) is 5.79 Å². The molecule has 0 radical (unpaired) electrons. The van der Waals surface area contributed by atoms with Crippen molar-refractivity contribution in [2.24, 2.45) is 0 Å². The molecule has 0 aliphatic heterocycles. The summed E-state index contributed by atoms with van der Waals surface area (Å²) in [7, 11) is 0. The van der Waals surface area contributed by atoms with Gasteiger partial charge in [0.25, 0.3) is 0 Å². The number of rotatable bonds is 3. The molecular formula is C16H18O4. The summed E-state index contributed by atoms with van der Waals surface area (Å²) < 4.78 is 0. The highest BCUT2D eigenvalue weighted by molar-refractivity contribution is 5.74. The Morgan fingerprint density at radius 1 is 1.00 bits per heavy atom. The maximum atomic E-state index is 10.0. The van der Waals surface area contributed by atoms with Crippen molar-refractivity contribution in [2.45, 2.75) is 19.1 Å². The normalized spacial score (nSPS) is 10.3. The Morgan fingerprint density at radius 3 is 2.00 bits per heavy atom. The van der Waals surface area contributed by atoms with Crippen molar-refractivity contribution in [1.82, 2.24) is 0 Å². The molecule has 0 bridgehead atoms. The maximum absolute atomic E-state index is 10.0. The maximum Gasteiger partial charge on any atom is 0.189 e. The van der Waals surface area contributed by atoms with Crippen molar-refractivity contribution in [2.75, 3.05) is 0 Å². The number of benzene rings is 2. The van der Waals surface area contributed by atoms with Crippen LogP contribution < -0.4 is 0 Å². The smallest absolute Gasteiger partial charge is 0.189 e. The molecule has 2 aromatic rings. The Kier molecular flexibility index (Phi) is 5.90. The highest BCUT2D eigenvalue weighted by Crippen LogP contribution is 2.20. The molecule has 4 heteroatoms. The first-order chi connectivity index (χ1) is 9.49. The first-order valence-electron chi connectivity index (χ1n) is 6.24. The van der Waals surface area contributed by atoms with E-state index in [-0.39, 0.29) is 5.75 Å². The zero-order valence-electron chi connectivity index (χ0n) is 11.2. The van der Waals surface area contributed by atoms with Crippen molar-refractivity contribution >= 4 is 6.29 Å². The second kappa shape index (κ2) is 7.43. The zero-order chi connectivity index (χ0) is 15.0. The first-order valence-corrected chi connectivity index (χ1v) is 6.24. The Hall–Kier alpha value is -2.17. The molecule has 0 aliphatic carbocycles. The lowest BCUT2D eigenvalue weighted by atomic mass is 10.0. The zero-order valence-corrected chi connectivity index (χ0v) is 11.2. The Bertz CT molecular complexity index is 518. The lowest BCUT2D eigenvalue weighted by Gasteiger charge is -2.19. The summed E-state index contributed by atoms with van der Waals surface area (Å²) in [6.07, 6.45) is 1.04. The fourth-order valence-corrected chi connectivity index (χ4v) is 1.46. The predicted octanol–water partition coefficient (Wildman–Crippen LogP) is 2.44. The molecule has 3 N–H and O–H groups in total. The largest absolute Gasteiger partial charge is 0.508 e. The molecule has 0 fully saturated rings. The summed E-state index contributed by atoms with van der Waals surface area (Å²) in [5.41, 5.74) is 1.12. The summed E-state index contributed by atoms with van der Waals surface area (Å²) in [6, 6.07) is 14.9. The van der Waals surface area contributed by atoms with Gasteiger partial charge in [0, 0.05) is 17.5 Å². The molecule has 0 saturated carbocycles. The molecule has 0 spiro atoms. The van der Waals surface area contributed by atoms with Crippen LogP contribution in [0.2, 0.25) is 0 Å². The lowest BCUT2D eigenvalue weighted by Crippen LogP contribution is -2.23. The van der Waals surface area contributed by atoms with Crippen LogP contribution in [-0.2, 0) is 5.79 Å². The molecule has 2 rings (SSSR count). The summed E-state index contributed by atoms with van der Waals surface area (Å²) in [4.78, 5) is 10.0. The van der Waals surface area contributed by atoms with Gasteiger partial charge < -0.3 is 15.3 Å². The third-order valence-electron chi connectivity index (χ3n) is 2.76. The first kappa shape index (κ1) is 15.9. The van der Waals surface area contributed by atoms with Crippen molar-refractivity contribution in [3.8, 4) is 5.75 Å². The van der Waals surface area contributed by atoms with Crippen LogP contribution in [0.5, 0.6) is 5.75 Å². The van der Waals surface area contributed by atoms with Crippen molar-refractivity contribution in [3.05, 3.63) is 65.7 Å². The number of aromatic hydroxyl groups is 1. The number of aldehydes is 1. The van der Waals surface area contributed by atoms with Crippen LogP contribution in [-0.4, -0.2) is 21.6 Å². The van der Waals surface area contributed by atoms with Gasteiger partial charge in [-0.05, 0) is 24.3 Å². The second-order valence-corrected chi connectivity index (χ2v) is 4.25. The predicted molar refractivity (Wildman–Crippen MR) is 76.3 cm³/mol. The van der Waals surface area contributed by atoms with Gasteiger partial charge in [-0.1, -0.05) is 37.3 Å². The average molecular weight is 274 g/mol. The van der Waals surface area contributed by atoms with Gasteiger partial charge in [-0.2, -0.15) is 0 Å². The third-order valence-corrected chi connectivity index (χ3v) is 2.76. The van der Waals surface area contributed by atoms with Gasteiger partial charge in [-0.25, -0.2) is 0 Å². The third kappa shape index (κ3) is 4.84. The van der Waals surface area contributed by atoms with E-state index in [9.17, 15) is 15.0 Å². The molecule has 0 atom stereocenters. The van der Waals surface area contributed by atoms with E-state index in [1.807, 2.05) is 6.07 Å². The van der Waals surface area contributed by atoms with E-state index in [0.29, 0.717) is 17.5 Å². The molecule has 0 aliphatic rings. The number of carbonyl (C=O) groups is 1. The van der Waals surface area contributed by atoms with E-state index < -0.39 is 5.79 Å². The molecule has 0 amide bonds. The quantitative estimate of drug-likeness (QED) is 0.593. The molecule has 20 heavy (non-hydrogen) atoms. The van der Waals surface area contributed by atoms with E-state index in [0.717, 1.165) is 6.29 Å². The van der Waals surface area contributed by atoms with Crippen LogP contribution in [0.15, 0.2) is 54.6 Å². The standard InChI is InChI=1S/C9H12O2.C7H6O2/c1-2-9(10,11)8-6-4-3-5-7-8;8-5-6-1-3-7(9)4-2-6/h3-7,10-11H,2H2,1H3;1-5,9H. The van der Waals surface area contributed by atoms with Crippen LogP contribution in [0, 0.1) is 0 Å². The van der Waals surface area contributed by atoms with Gasteiger partial charge in [-0.3, -0.25) is 4.79 Å². The fraction of sp³-hybridized carbons (Fsp3) is 0.188. The monoisotopic (exact) mass is 274 g/mol.